The molecular formula is C9H12N2OS. The third-order valence-corrected chi connectivity index (χ3v) is 2.38. The number of carbonyl (C=O) groups is 1. The quantitative estimate of drug-likeness (QED) is 0.712. The van der Waals surface area contributed by atoms with Crippen LogP contribution >= 0.6 is 11.8 Å². The van der Waals surface area contributed by atoms with Gasteiger partial charge in [0.2, 0.25) is 0 Å². The number of amides is 2. The molecule has 2 amide bonds. The van der Waals surface area contributed by atoms with Crippen LogP contribution in [0.5, 0.6) is 0 Å². The number of urea groups is 1. The highest BCUT2D eigenvalue weighted by atomic mass is 32.2. The molecule has 1 rings (SSSR count). The van der Waals surface area contributed by atoms with Crippen molar-refractivity contribution in [3.63, 3.8) is 0 Å². The molecular weight excluding hydrogens is 184 g/mol. The smallest absolute Gasteiger partial charge is 0.319 e. The first-order valence-corrected chi connectivity index (χ1v) is 5.12. The monoisotopic (exact) mass is 196 g/mol. The fourth-order valence-electron chi connectivity index (χ4n) is 0.933. The molecule has 0 aromatic heterocycles. The van der Waals surface area contributed by atoms with Crippen LogP contribution in [-0.4, -0.2) is 19.3 Å². The van der Waals surface area contributed by atoms with Crippen molar-refractivity contribution in [1.82, 2.24) is 5.32 Å². The highest BCUT2D eigenvalue weighted by Gasteiger charge is 2.02. The van der Waals surface area contributed by atoms with Gasteiger partial charge in [-0.15, -0.1) is 11.8 Å². The molecule has 0 heterocycles. The van der Waals surface area contributed by atoms with E-state index in [-0.39, 0.29) is 6.03 Å². The average Bonchev–Trinajstić information content (AvgIpc) is 2.18. The number of nitrogens with one attached hydrogen (secondary N) is 2. The molecule has 0 aliphatic rings. The number of anilines is 1. The lowest BCUT2D eigenvalue weighted by Gasteiger charge is -2.07. The summed E-state index contributed by atoms with van der Waals surface area (Å²) in [5.41, 5.74) is 0.842. The molecule has 0 fully saturated rings. The summed E-state index contributed by atoms with van der Waals surface area (Å²) in [6.07, 6.45) is 1.98. The van der Waals surface area contributed by atoms with Crippen LogP contribution in [0.25, 0.3) is 0 Å². The Morgan fingerprint density at radius 2 is 2.08 bits per heavy atom. The molecule has 0 spiro atoms. The van der Waals surface area contributed by atoms with Crippen molar-refractivity contribution >= 4 is 23.5 Å². The fraction of sp³-hybridized carbons (Fsp3) is 0.222. The van der Waals surface area contributed by atoms with Crippen LogP contribution in [0.2, 0.25) is 0 Å². The van der Waals surface area contributed by atoms with Crippen LogP contribution in [0.1, 0.15) is 0 Å². The van der Waals surface area contributed by atoms with Gasteiger partial charge in [-0.05, 0) is 18.4 Å². The Morgan fingerprint density at radius 3 is 2.69 bits per heavy atom. The molecule has 13 heavy (non-hydrogen) atoms. The molecule has 4 heteroatoms. The van der Waals surface area contributed by atoms with E-state index in [4.69, 9.17) is 0 Å². The molecule has 2 N–H and O–H groups in total. The Bertz CT molecular complexity index is 301. The summed E-state index contributed by atoms with van der Waals surface area (Å²) in [5, 5.41) is 5.25. The molecule has 0 aliphatic carbocycles. The molecule has 0 radical (unpaired) electrons. The van der Waals surface area contributed by atoms with Crippen LogP contribution in [0.4, 0.5) is 10.5 Å². The Balaban J connectivity index is 2.81. The third-order valence-electron chi connectivity index (χ3n) is 1.58. The molecule has 70 valence electrons. The normalized spacial score (nSPS) is 9.38. The average molecular weight is 196 g/mol. The van der Waals surface area contributed by atoms with E-state index in [1.807, 2.05) is 30.5 Å². The van der Waals surface area contributed by atoms with Gasteiger partial charge in [0.05, 0.1) is 5.69 Å². The first-order valence-electron chi connectivity index (χ1n) is 3.89. The van der Waals surface area contributed by atoms with Gasteiger partial charge in [-0.1, -0.05) is 12.1 Å². The van der Waals surface area contributed by atoms with Gasteiger partial charge in [-0.3, -0.25) is 0 Å². The molecule has 3 nitrogen and oxygen atoms in total. The standard InChI is InChI=1S/C9H12N2OS/c1-10-9(12)11-7-5-3-4-6-8(7)13-2/h3-6H,1-2H3,(H2,10,11,12). The Labute approximate surface area is 81.9 Å². The van der Waals surface area contributed by atoms with Crippen molar-refractivity contribution < 1.29 is 4.79 Å². The van der Waals surface area contributed by atoms with Gasteiger partial charge in [-0.25, -0.2) is 4.79 Å². The maximum absolute atomic E-state index is 11.0. The lowest BCUT2D eigenvalue weighted by atomic mass is 10.3. The SMILES string of the molecule is CNC(=O)Nc1ccccc1SC. The molecule has 1 aromatic carbocycles. The number of hydrogen-bond donors (Lipinski definition) is 2. The molecule has 0 saturated heterocycles. The maximum atomic E-state index is 11.0. The second-order valence-corrected chi connectivity index (χ2v) is 3.25. The van der Waals surface area contributed by atoms with Gasteiger partial charge in [0, 0.05) is 11.9 Å². The summed E-state index contributed by atoms with van der Waals surface area (Å²) in [5.74, 6) is 0. The number of benzene rings is 1. The largest absolute Gasteiger partial charge is 0.341 e. The van der Waals surface area contributed by atoms with Gasteiger partial charge in [-0.2, -0.15) is 0 Å². The van der Waals surface area contributed by atoms with Gasteiger partial charge < -0.3 is 10.6 Å². The van der Waals surface area contributed by atoms with Gasteiger partial charge in [0.1, 0.15) is 0 Å². The van der Waals surface area contributed by atoms with E-state index in [0.29, 0.717) is 0 Å². The summed E-state index contributed by atoms with van der Waals surface area (Å²) < 4.78 is 0. The minimum Gasteiger partial charge on any atom is -0.341 e. The zero-order chi connectivity index (χ0) is 9.68. The first-order chi connectivity index (χ1) is 6.27. The fourth-order valence-corrected chi connectivity index (χ4v) is 1.49. The van der Waals surface area contributed by atoms with E-state index < -0.39 is 0 Å². The third kappa shape index (κ3) is 2.66. The van der Waals surface area contributed by atoms with Gasteiger partial charge >= 0.3 is 6.03 Å². The molecule has 0 bridgehead atoms. The summed E-state index contributed by atoms with van der Waals surface area (Å²) in [7, 11) is 1.59. The Kier molecular flexibility index (Phi) is 3.64. The summed E-state index contributed by atoms with van der Waals surface area (Å²) in [4.78, 5) is 12.1. The maximum Gasteiger partial charge on any atom is 0.319 e. The number of hydrogen-bond acceptors (Lipinski definition) is 2. The van der Waals surface area contributed by atoms with Crippen LogP contribution in [0.3, 0.4) is 0 Å². The highest BCUT2D eigenvalue weighted by Crippen LogP contribution is 2.24. The van der Waals surface area contributed by atoms with Crippen LogP contribution in [-0.2, 0) is 0 Å². The molecule has 0 saturated carbocycles. The van der Waals surface area contributed by atoms with E-state index in [9.17, 15) is 4.79 Å². The Hall–Kier alpha value is -1.16. The van der Waals surface area contributed by atoms with Crippen molar-refractivity contribution in [3.05, 3.63) is 24.3 Å². The lowest BCUT2D eigenvalue weighted by Crippen LogP contribution is -2.24. The first kappa shape index (κ1) is 9.92. The number of rotatable bonds is 2. The summed E-state index contributed by atoms with van der Waals surface area (Å²) >= 11 is 1.61. The van der Waals surface area contributed by atoms with Crippen molar-refractivity contribution in [2.24, 2.45) is 0 Å². The summed E-state index contributed by atoms with van der Waals surface area (Å²) in [6, 6.07) is 7.49. The molecule has 1 aromatic rings. The number of para-hydroxylation sites is 1. The van der Waals surface area contributed by atoms with E-state index in [1.54, 1.807) is 18.8 Å². The van der Waals surface area contributed by atoms with E-state index in [0.717, 1.165) is 10.6 Å². The lowest BCUT2D eigenvalue weighted by molar-refractivity contribution is 0.254. The number of thioether (sulfide) groups is 1. The van der Waals surface area contributed by atoms with Crippen molar-refractivity contribution in [2.75, 3.05) is 18.6 Å². The van der Waals surface area contributed by atoms with Gasteiger partial charge in [0.25, 0.3) is 0 Å². The second-order valence-electron chi connectivity index (χ2n) is 2.40. The van der Waals surface area contributed by atoms with E-state index >= 15 is 0 Å². The van der Waals surface area contributed by atoms with Crippen LogP contribution < -0.4 is 10.6 Å². The van der Waals surface area contributed by atoms with Crippen molar-refractivity contribution in [3.8, 4) is 0 Å². The second kappa shape index (κ2) is 4.77. The molecule has 0 unspecified atom stereocenters. The molecule has 0 atom stereocenters. The minimum absolute atomic E-state index is 0.193. The minimum atomic E-state index is -0.193. The molecule has 0 aliphatic heterocycles. The number of carbonyl (C=O) groups excluding carboxylic acids is 1. The summed E-state index contributed by atoms with van der Waals surface area (Å²) in [6.45, 7) is 0. The predicted molar refractivity (Wildman–Crippen MR) is 56.3 cm³/mol. The zero-order valence-electron chi connectivity index (χ0n) is 7.63. The van der Waals surface area contributed by atoms with Crippen molar-refractivity contribution in [2.45, 2.75) is 4.90 Å². The van der Waals surface area contributed by atoms with E-state index in [1.165, 1.54) is 0 Å². The van der Waals surface area contributed by atoms with Gasteiger partial charge in [0.15, 0.2) is 0 Å². The topological polar surface area (TPSA) is 41.1 Å². The Morgan fingerprint density at radius 1 is 1.38 bits per heavy atom. The van der Waals surface area contributed by atoms with Crippen LogP contribution in [0.15, 0.2) is 29.2 Å². The highest BCUT2D eigenvalue weighted by molar-refractivity contribution is 7.98. The zero-order valence-corrected chi connectivity index (χ0v) is 8.44. The van der Waals surface area contributed by atoms with E-state index in [2.05, 4.69) is 10.6 Å². The van der Waals surface area contributed by atoms with Crippen LogP contribution in [0, 0.1) is 0 Å². The van der Waals surface area contributed by atoms with Crippen molar-refractivity contribution in [1.29, 1.82) is 0 Å². The predicted octanol–water partition coefficient (Wildman–Crippen LogP) is 2.16.